The summed E-state index contributed by atoms with van der Waals surface area (Å²) in [6.07, 6.45) is 4.71. The van der Waals surface area contributed by atoms with Gasteiger partial charge in [-0.25, -0.2) is 0 Å². The predicted octanol–water partition coefficient (Wildman–Crippen LogP) is 2.24. The molecule has 6 nitrogen and oxygen atoms in total. The number of benzene rings is 1. The van der Waals surface area contributed by atoms with Crippen molar-refractivity contribution in [1.29, 1.82) is 0 Å². The highest BCUT2D eigenvalue weighted by Crippen LogP contribution is 2.35. The molecule has 1 aromatic heterocycles. The van der Waals surface area contributed by atoms with E-state index in [-0.39, 0.29) is 5.91 Å². The van der Waals surface area contributed by atoms with Gasteiger partial charge in [-0.15, -0.1) is 0 Å². The van der Waals surface area contributed by atoms with Gasteiger partial charge in [-0.1, -0.05) is 18.2 Å². The third-order valence-electron chi connectivity index (χ3n) is 6.78. The lowest BCUT2D eigenvalue weighted by molar-refractivity contribution is -0.126. The molecule has 6 heteroatoms. The van der Waals surface area contributed by atoms with Crippen molar-refractivity contribution in [3.63, 3.8) is 0 Å². The zero-order valence-electron chi connectivity index (χ0n) is 17.8. The van der Waals surface area contributed by atoms with Crippen LogP contribution in [0.2, 0.25) is 0 Å². The van der Waals surface area contributed by atoms with E-state index >= 15 is 0 Å². The minimum Gasteiger partial charge on any atom is -0.388 e. The van der Waals surface area contributed by atoms with Crippen LogP contribution in [0.5, 0.6) is 0 Å². The average Bonchev–Trinajstić information content (AvgIpc) is 2.74. The van der Waals surface area contributed by atoms with E-state index < -0.39 is 11.0 Å². The summed E-state index contributed by atoms with van der Waals surface area (Å²) in [5.41, 5.74) is 7.57. The van der Waals surface area contributed by atoms with Crippen molar-refractivity contribution in [2.45, 2.75) is 43.6 Å². The van der Waals surface area contributed by atoms with Crippen LogP contribution in [0.1, 0.15) is 36.9 Å². The molecule has 0 saturated carbocycles. The number of carbonyl (C=O) groups excluding carboxylic acids is 1. The number of pyridine rings is 1. The Balaban J connectivity index is 1.43. The molecule has 0 unspecified atom stereocenters. The van der Waals surface area contributed by atoms with Crippen LogP contribution in [0.15, 0.2) is 48.7 Å². The Kier molecular flexibility index (Phi) is 5.80. The number of likely N-dealkylation sites (tertiary alicyclic amines) is 1. The standard InChI is InChI=1S/C24H32N4O2/c1-19-6-4-7-20(16-19)28-14-10-23(30,11-15-28)17-27-13-5-9-24(18-27,22(25)29)21-8-2-3-12-26-21/h2-4,6-8,12,16,30H,5,9-11,13-15,17-18H2,1H3,(H2,25,29)/t24-/m0/s1. The molecule has 0 spiro atoms. The van der Waals surface area contributed by atoms with Crippen molar-refractivity contribution >= 4 is 11.6 Å². The van der Waals surface area contributed by atoms with Gasteiger partial charge in [-0.3, -0.25) is 14.7 Å². The summed E-state index contributed by atoms with van der Waals surface area (Å²) in [7, 11) is 0. The summed E-state index contributed by atoms with van der Waals surface area (Å²) in [6, 6.07) is 14.2. The van der Waals surface area contributed by atoms with Crippen LogP contribution in [0.4, 0.5) is 5.69 Å². The molecule has 1 atom stereocenters. The number of aromatic nitrogens is 1. The van der Waals surface area contributed by atoms with Crippen molar-refractivity contribution in [2.24, 2.45) is 5.73 Å². The lowest BCUT2D eigenvalue weighted by atomic mass is 9.75. The van der Waals surface area contributed by atoms with Crippen molar-refractivity contribution in [3.05, 3.63) is 59.9 Å². The summed E-state index contributed by atoms with van der Waals surface area (Å²) in [4.78, 5) is 21.5. The molecule has 160 valence electrons. The summed E-state index contributed by atoms with van der Waals surface area (Å²) in [5, 5.41) is 11.3. The van der Waals surface area contributed by atoms with Crippen LogP contribution in [-0.4, -0.2) is 59.2 Å². The molecule has 30 heavy (non-hydrogen) atoms. The highest BCUT2D eigenvalue weighted by Gasteiger charge is 2.45. The Morgan fingerprint density at radius 3 is 2.60 bits per heavy atom. The average molecular weight is 409 g/mol. The van der Waals surface area contributed by atoms with Crippen LogP contribution in [0.3, 0.4) is 0 Å². The van der Waals surface area contributed by atoms with Gasteiger partial charge in [0.25, 0.3) is 0 Å². The molecule has 1 amide bonds. The van der Waals surface area contributed by atoms with E-state index in [0.29, 0.717) is 32.4 Å². The van der Waals surface area contributed by atoms with Gasteiger partial charge < -0.3 is 15.7 Å². The summed E-state index contributed by atoms with van der Waals surface area (Å²) in [6.45, 7) is 5.71. The molecule has 4 rings (SSSR count). The van der Waals surface area contributed by atoms with Gasteiger partial charge in [-0.05, 0) is 69.0 Å². The molecule has 3 heterocycles. The Morgan fingerprint density at radius 2 is 1.93 bits per heavy atom. The van der Waals surface area contributed by atoms with E-state index in [1.54, 1.807) is 6.20 Å². The molecular weight excluding hydrogens is 376 g/mol. The van der Waals surface area contributed by atoms with Crippen molar-refractivity contribution in [1.82, 2.24) is 9.88 Å². The van der Waals surface area contributed by atoms with Gasteiger partial charge in [0.15, 0.2) is 0 Å². The Labute approximate surface area is 178 Å². The first-order chi connectivity index (χ1) is 14.4. The molecule has 2 saturated heterocycles. The van der Waals surface area contributed by atoms with Gasteiger partial charge in [0.2, 0.25) is 5.91 Å². The minimum absolute atomic E-state index is 0.327. The molecule has 0 aliphatic carbocycles. The number of nitrogens with two attached hydrogens (primary N) is 1. The smallest absolute Gasteiger partial charge is 0.230 e. The fourth-order valence-corrected chi connectivity index (χ4v) is 5.04. The minimum atomic E-state index is -0.780. The summed E-state index contributed by atoms with van der Waals surface area (Å²) >= 11 is 0. The number of piperidine rings is 2. The van der Waals surface area contributed by atoms with E-state index in [0.717, 1.165) is 31.7 Å². The Morgan fingerprint density at radius 1 is 1.13 bits per heavy atom. The number of aryl methyl sites for hydroxylation is 1. The highest BCUT2D eigenvalue weighted by molar-refractivity contribution is 5.86. The number of hydrogen-bond acceptors (Lipinski definition) is 5. The van der Waals surface area contributed by atoms with E-state index in [2.05, 4.69) is 46.0 Å². The van der Waals surface area contributed by atoms with Crippen molar-refractivity contribution < 1.29 is 9.90 Å². The van der Waals surface area contributed by atoms with Crippen LogP contribution in [0, 0.1) is 6.92 Å². The normalized spacial score (nSPS) is 24.5. The predicted molar refractivity (Wildman–Crippen MR) is 118 cm³/mol. The molecule has 0 radical (unpaired) electrons. The Bertz CT molecular complexity index is 880. The topological polar surface area (TPSA) is 82.7 Å². The van der Waals surface area contributed by atoms with E-state index in [4.69, 9.17) is 5.73 Å². The molecule has 2 aromatic rings. The van der Waals surface area contributed by atoms with Crippen LogP contribution < -0.4 is 10.6 Å². The lowest BCUT2D eigenvalue weighted by Gasteiger charge is -2.46. The number of primary amides is 1. The van der Waals surface area contributed by atoms with E-state index in [1.165, 1.54) is 11.3 Å². The van der Waals surface area contributed by atoms with Crippen LogP contribution >= 0.6 is 0 Å². The zero-order chi connectivity index (χ0) is 21.2. The number of nitrogens with zero attached hydrogens (tertiary/aromatic N) is 3. The third-order valence-corrected chi connectivity index (χ3v) is 6.78. The molecular formula is C24H32N4O2. The summed E-state index contributed by atoms with van der Waals surface area (Å²) < 4.78 is 0. The highest BCUT2D eigenvalue weighted by atomic mass is 16.3. The quantitative estimate of drug-likeness (QED) is 0.793. The molecule has 2 fully saturated rings. The van der Waals surface area contributed by atoms with Gasteiger partial charge in [0.1, 0.15) is 5.41 Å². The summed E-state index contributed by atoms with van der Waals surface area (Å²) in [5.74, 6) is -0.327. The van der Waals surface area contributed by atoms with Gasteiger partial charge in [0, 0.05) is 38.1 Å². The molecule has 2 aliphatic rings. The van der Waals surface area contributed by atoms with Gasteiger partial charge in [0.05, 0.1) is 11.3 Å². The van der Waals surface area contributed by atoms with Gasteiger partial charge >= 0.3 is 0 Å². The number of amides is 1. The number of aliphatic hydroxyl groups is 1. The van der Waals surface area contributed by atoms with E-state index in [9.17, 15) is 9.90 Å². The lowest BCUT2D eigenvalue weighted by Crippen LogP contribution is -2.58. The molecule has 0 bridgehead atoms. The maximum absolute atomic E-state index is 12.5. The second kappa shape index (κ2) is 8.36. The largest absolute Gasteiger partial charge is 0.388 e. The fourth-order valence-electron chi connectivity index (χ4n) is 5.04. The van der Waals surface area contributed by atoms with Crippen LogP contribution in [0.25, 0.3) is 0 Å². The molecule has 1 aromatic carbocycles. The SMILES string of the molecule is Cc1cccc(N2CCC(O)(CN3CCC[C@@](C(N)=O)(c4ccccn4)C3)CC2)c1. The molecule has 3 N–H and O–H groups in total. The molecule has 2 aliphatic heterocycles. The first kappa shape index (κ1) is 20.8. The third kappa shape index (κ3) is 4.20. The van der Waals surface area contributed by atoms with Crippen LogP contribution in [-0.2, 0) is 10.2 Å². The number of β-amino-alcohol motifs (C(OH)–C–C–N with tert-alkyl or cyclic N) is 1. The second-order valence-corrected chi connectivity index (χ2v) is 9.03. The maximum Gasteiger partial charge on any atom is 0.230 e. The number of rotatable bonds is 5. The number of anilines is 1. The number of carbonyl (C=O) groups is 1. The van der Waals surface area contributed by atoms with Gasteiger partial charge in [-0.2, -0.15) is 0 Å². The van der Waals surface area contributed by atoms with Crippen molar-refractivity contribution in [2.75, 3.05) is 37.6 Å². The van der Waals surface area contributed by atoms with E-state index in [1.807, 2.05) is 18.2 Å². The first-order valence-electron chi connectivity index (χ1n) is 10.9. The first-order valence-corrected chi connectivity index (χ1v) is 10.9. The fraction of sp³-hybridized carbons (Fsp3) is 0.500. The monoisotopic (exact) mass is 408 g/mol. The van der Waals surface area contributed by atoms with Crippen molar-refractivity contribution in [3.8, 4) is 0 Å². The Hall–Kier alpha value is -2.44. The zero-order valence-corrected chi connectivity index (χ0v) is 17.8. The maximum atomic E-state index is 12.5. The second-order valence-electron chi connectivity index (χ2n) is 9.03. The number of hydrogen-bond donors (Lipinski definition) is 2.